The number of hydrogen-bond donors (Lipinski definition) is 2. The number of nitrogens with one attached hydrogen (secondary N) is 1. The fraction of sp³-hybridized carbons (Fsp3) is 0.533. The van der Waals surface area contributed by atoms with Gasteiger partial charge in [0.05, 0.1) is 0 Å². The Balaban J connectivity index is 0.00000361. The van der Waals surface area contributed by atoms with Gasteiger partial charge >= 0.3 is 0 Å². The molecule has 114 valence electrons. The van der Waals surface area contributed by atoms with Crippen molar-refractivity contribution in [3.05, 3.63) is 34.9 Å². The van der Waals surface area contributed by atoms with Gasteiger partial charge in [-0.15, -0.1) is 24.0 Å². The van der Waals surface area contributed by atoms with Gasteiger partial charge in [-0.2, -0.15) is 0 Å². The average Bonchev–Trinajstić information content (AvgIpc) is 2.36. The van der Waals surface area contributed by atoms with Gasteiger partial charge in [0.15, 0.2) is 5.96 Å². The Morgan fingerprint density at radius 2 is 2.05 bits per heavy atom. The summed E-state index contributed by atoms with van der Waals surface area (Å²) >= 11 is 6.09. The van der Waals surface area contributed by atoms with Crippen LogP contribution in [-0.2, 0) is 6.42 Å². The molecular weight excluding hydrogens is 385 g/mol. The number of aryl methyl sites for hydroxylation is 1. The molecule has 1 aromatic rings. The summed E-state index contributed by atoms with van der Waals surface area (Å²) in [5.74, 6) is 1.22. The van der Waals surface area contributed by atoms with Crippen LogP contribution in [-0.4, -0.2) is 19.0 Å². The highest BCUT2D eigenvalue weighted by Crippen LogP contribution is 2.16. The van der Waals surface area contributed by atoms with Crippen molar-refractivity contribution in [2.24, 2.45) is 16.6 Å². The van der Waals surface area contributed by atoms with Crippen LogP contribution >= 0.6 is 35.6 Å². The Hall–Kier alpha value is -0.490. The van der Waals surface area contributed by atoms with Crippen molar-refractivity contribution in [3.63, 3.8) is 0 Å². The molecule has 0 aliphatic carbocycles. The molecule has 0 aromatic heterocycles. The number of halogens is 2. The minimum Gasteiger partial charge on any atom is -0.370 e. The number of hydrogen-bond acceptors (Lipinski definition) is 1. The van der Waals surface area contributed by atoms with Crippen LogP contribution in [0.2, 0.25) is 5.02 Å². The third kappa shape index (κ3) is 8.64. The first-order valence-corrected chi connectivity index (χ1v) is 7.24. The minimum atomic E-state index is 0. The Morgan fingerprint density at radius 3 is 2.70 bits per heavy atom. The predicted octanol–water partition coefficient (Wildman–Crippen LogP) is 3.84. The first-order valence-electron chi connectivity index (χ1n) is 6.86. The highest BCUT2D eigenvalue weighted by atomic mass is 127. The van der Waals surface area contributed by atoms with Gasteiger partial charge in [0.1, 0.15) is 0 Å². The molecule has 3 N–H and O–H groups in total. The van der Waals surface area contributed by atoms with Crippen LogP contribution in [0.1, 0.15) is 32.3 Å². The number of aliphatic imine (C=N–C) groups is 1. The Kier molecular flexibility index (Phi) is 10.9. The van der Waals surface area contributed by atoms with E-state index in [1.165, 1.54) is 5.56 Å². The number of nitrogens with zero attached hydrogens (tertiary/aromatic N) is 1. The van der Waals surface area contributed by atoms with Gasteiger partial charge in [0.25, 0.3) is 0 Å². The maximum absolute atomic E-state index is 6.09. The summed E-state index contributed by atoms with van der Waals surface area (Å²) in [6.45, 7) is 6.00. The van der Waals surface area contributed by atoms with Crippen molar-refractivity contribution in [3.8, 4) is 0 Å². The largest absolute Gasteiger partial charge is 0.370 e. The molecule has 0 bridgehead atoms. The quantitative estimate of drug-likeness (QED) is 0.311. The second-order valence-corrected chi connectivity index (χ2v) is 5.48. The van der Waals surface area contributed by atoms with E-state index < -0.39 is 0 Å². The average molecular weight is 410 g/mol. The Bertz CT molecular complexity index is 408. The molecule has 0 saturated carbocycles. The lowest BCUT2D eigenvalue weighted by Crippen LogP contribution is -2.33. The van der Waals surface area contributed by atoms with E-state index in [4.69, 9.17) is 17.3 Å². The zero-order chi connectivity index (χ0) is 14.1. The van der Waals surface area contributed by atoms with Crippen molar-refractivity contribution in [1.29, 1.82) is 0 Å². The molecule has 0 unspecified atom stereocenters. The van der Waals surface area contributed by atoms with Gasteiger partial charge in [-0.25, -0.2) is 0 Å². The number of guanidine groups is 1. The minimum absolute atomic E-state index is 0. The third-order valence-electron chi connectivity index (χ3n) is 2.87. The van der Waals surface area contributed by atoms with Gasteiger partial charge in [0, 0.05) is 18.1 Å². The van der Waals surface area contributed by atoms with Gasteiger partial charge in [-0.3, -0.25) is 4.99 Å². The van der Waals surface area contributed by atoms with E-state index >= 15 is 0 Å². The first kappa shape index (κ1) is 19.5. The molecule has 0 heterocycles. The number of nitrogens with two attached hydrogens (primary N) is 1. The SMILES string of the molecule is CC(C)CCNC(N)=NCCCc1ccccc1Cl.I. The van der Waals surface area contributed by atoms with E-state index in [-0.39, 0.29) is 24.0 Å². The van der Waals surface area contributed by atoms with Crippen LogP contribution in [0.5, 0.6) is 0 Å². The van der Waals surface area contributed by atoms with E-state index in [9.17, 15) is 0 Å². The molecule has 0 aliphatic heterocycles. The molecule has 0 aliphatic rings. The maximum Gasteiger partial charge on any atom is 0.188 e. The molecule has 0 spiro atoms. The van der Waals surface area contributed by atoms with Gasteiger partial charge in [-0.05, 0) is 36.8 Å². The molecule has 3 nitrogen and oxygen atoms in total. The third-order valence-corrected chi connectivity index (χ3v) is 3.24. The molecule has 1 aromatic carbocycles. The first-order chi connectivity index (χ1) is 9.09. The summed E-state index contributed by atoms with van der Waals surface area (Å²) in [5, 5.41) is 3.95. The van der Waals surface area contributed by atoms with Crippen LogP contribution in [0.15, 0.2) is 29.3 Å². The second kappa shape index (κ2) is 11.2. The van der Waals surface area contributed by atoms with E-state index in [1.807, 2.05) is 18.2 Å². The van der Waals surface area contributed by atoms with Crippen LogP contribution in [0, 0.1) is 5.92 Å². The molecule has 0 fully saturated rings. The molecular formula is C15H25ClIN3. The highest BCUT2D eigenvalue weighted by molar-refractivity contribution is 14.0. The summed E-state index contributed by atoms with van der Waals surface area (Å²) in [6, 6.07) is 7.92. The molecule has 1 rings (SSSR count). The van der Waals surface area contributed by atoms with Gasteiger partial charge in [0.2, 0.25) is 0 Å². The van der Waals surface area contributed by atoms with Crippen molar-refractivity contribution in [2.45, 2.75) is 33.1 Å². The summed E-state index contributed by atoms with van der Waals surface area (Å²) in [7, 11) is 0. The highest BCUT2D eigenvalue weighted by Gasteiger charge is 1.98. The summed E-state index contributed by atoms with van der Waals surface area (Å²) < 4.78 is 0. The van der Waals surface area contributed by atoms with E-state index in [0.29, 0.717) is 11.9 Å². The zero-order valence-electron chi connectivity index (χ0n) is 12.2. The summed E-state index contributed by atoms with van der Waals surface area (Å²) in [5.41, 5.74) is 6.95. The van der Waals surface area contributed by atoms with Crippen LogP contribution in [0.3, 0.4) is 0 Å². The zero-order valence-corrected chi connectivity index (χ0v) is 15.3. The molecule has 20 heavy (non-hydrogen) atoms. The van der Waals surface area contributed by atoms with E-state index in [1.54, 1.807) is 0 Å². The predicted molar refractivity (Wildman–Crippen MR) is 99.1 cm³/mol. The lowest BCUT2D eigenvalue weighted by atomic mass is 10.1. The van der Waals surface area contributed by atoms with Crippen LogP contribution < -0.4 is 11.1 Å². The monoisotopic (exact) mass is 409 g/mol. The lowest BCUT2D eigenvalue weighted by molar-refractivity contribution is 0.576. The summed E-state index contributed by atoms with van der Waals surface area (Å²) in [6.07, 6.45) is 2.99. The number of rotatable bonds is 7. The topological polar surface area (TPSA) is 50.4 Å². The fourth-order valence-corrected chi connectivity index (χ4v) is 1.95. The Morgan fingerprint density at radius 1 is 1.35 bits per heavy atom. The van der Waals surface area contributed by atoms with E-state index in [2.05, 4.69) is 30.2 Å². The summed E-state index contributed by atoms with van der Waals surface area (Å²) in [4.78, 5) is 4.31. The maximum atomic E-state index is 6.09. The molecule has 0 amide bonds. The van der Waals surface area contributed by atoms with Crippen molar-refractivity contribution >= 4 is 41.5 Å². The smallest absolute Gasteiger partial charge is 0.188 e. The van der Waals surface area contributed by atoms with Gasteiger partial charge < -0.3 is 11.1 Å². The molecule has 0 atom stereocenters. The van der Waals surface area contributed by atoms with Gasteiger partial charge in [-0.1, -0.05) is 43.6 Å². The van der Waals surface area contributed by atoms with E-state index in [0.717, 1.165) is 37.4 Å². The van der Waals surface area contributed by atoms with Crippen LogP contribution in [0.25, 0.3) is 0 Å². The Labute approximate surface area is 144 Å². The van der Waals surface area contributed by atoms with Crippen molar-refractivity contribution < 1.29 is 0 Å². The molecule has 5 heteroatoms. The standard InChI is InChI=1S/C15H24ClN3.HI/c1-12(2)9-11-19-15(17)18-10-5-7-13-6-3-4-8-14(13)16;/h3-4,6,8,12H,5,7,9-11H2,1-2H3,(H3,17,18,19);1H. The normalized spacial score (nSPS) is 11.3. The number of benzene rings is 1. The second-order valence-electron chi connectivity index (χ2n) is 5.07. The molecule has 0 radical (unpaired) electrons. The van der Waals surface area contributed by atoms with Crippen molar-refractivity contribution in [2.75, 3.05) is 13.1 Å². The fourth-order valence-electron chi connectivity index (χ4n) is 1.71. The lowest BCUT2D eigenvalue weighted by Gasteiger charge is -2.07. The van der Waals surface area contributed by atoms with Crippen LogP contribution in [0.4, 0.5) is 0 Å². The molecule has 0 saturated heterocycles. The van der Waals surface area contributed by atoms with Crippen molar-refractivity contribution in [1.82, 2.24) is 5.32 Å².